The molecule has 6 heteroatoms. The zero-order valence-electron chi connectivity index (χ0n) is 12.6. The lowest BCUT2D eigenvalue weighted by atomic mass is 10.1. The molecule has 2 heterocycles. The predicted molar refractivity (Wildman–Crippen MR) is 84.0 cm³/mol. The van der Waals surface area contributed by atoms with Gasteiger partial charge in [0.05, 0.1) is 11.2 Å². The summed E-state index contributed by atoms with van der Waals surface area (Å²) in [7, 11) is 0. The van der Waals surface area contributed by atoms with E-state index in [4.69, 9.17) is 4.42 Å². The molecule has 1 aromatic heterocycles. The Morgan fingerprint density at radius 3 is 2.48 bits per heavy atom. The second-order valence-corrected chi connectivity index (χ2v) is 6.61. The number of halogens is 3. The number of nitrogens with zero attached hydrogens (tertiary/aromatic N) is 1. The molecule has 2 aromatic rings. The maximum Gasteiger partial charge on any atom is 0.349 e. The van der Waals surface area contributed by atoms with E-state index in [1.807, 2.05) is 29.2 Å². The zero-order valence-corrected chi connectivity index (χ0v) is 13.4. The van der Waals surface area contributed by atoms with Crippen LogP contribution in [0.2, 0.25) is 0 Å². The Balaban J connectivity index is 1.62. The van der Waals surface area contributed by atoms with Gasteiger partial charge in [0.25, 0.3) is 0 Å². The van der Waals surface area contributed by atoms with Gasteiger partial charge in [0.15, 0.2) is 5.83 Å². The van der Waals surface area contributed by atoms with Crippen molar-refractivity contribution >= 4 is 11.8 Å². The van der Waals surface area contributed by atoms with E-state index < -0.39 is 11.1 Å². The largest absolute Gasteiger partial charge is 0.468 e. The van der Waals surface area contributed by atoms with Crippen molar-refractivity contribution in [3.8, 4) is 0 Å². The normalized spacial score (nSPS) is 15.9. The van der Waals surface area contributed by atoms with E-state index in [0.29, 0.717) is 18.8 Å². The summed E-state index contributed by atoms with van der Waals surface area (Å²) in [5, 5.41) is -3.60. The maximum atomic E-state index is 14.0. The van der Waals surface area contributed by atoms with Crippen LogP contribution in [0.3, 0.4) is 0 Å². The van der Waals surface area contributed by atoms with Crippen LogP contribution in [0.5, 0.6) is 0 Å². The maximum absolute atomic E-state index is 14.0. The highest BCUT2D eigenvalue weighted by Gasteiger charge is 2.37. The molecule has 0 atom stereocenters. The average Bonchev–Trinajstić information content (AvgIpc) is 3.10. The number of aryl methyl sites for hydroxylation is 1. The second-order valence-electron chi connectivity index (χ2n) is 5.45. The molecule has 122 valence electrons. The van der Waals surface area contributed by atoms with Gasteiger partial charge in [-0.25, -0.2) is 4.39 Å². The van der Waals surface area contributed by atoms with Crippen molar-refractivity contribution in [1.29, 1.82) is 0 Å². The molecule has 1 aliphatic heterocycles. The van der Waals surface area contributed by atoms with Crippen molar-refractivity contribution in [2.45, 2.75) is 30.2 Å². The summed E-state index contributed by atoms with van der Waals surface area (Å²) in [5.74, 6) is -1.06. The van der Waals surface area contributed by atoms with E-state index in [2.05, 4.69) is 0 Å². The fourth-order valence-corrected chi connectivity index (χ4v) is 3.30. The number of fused-ring (bicyclic) bond motifs is 1. The summed E-state index contributed by atoms with van der Waals surface area (Å²) in [6, 6.07) is 9.30. The molecule has 1 aliphatic rings. The topological polar surface area (TPSA) is 16.4 Å². The van der Waals surface area contributed by atoms with Gasteiger partial charge in [0, 0.05) is 19.6 Å². The Kier molecular flexibility index (Phi) is 4.55. The molecule has 0 radical (unpaired) electrons. The number of alkyl halides is 2. The van der Waals surface area contributed by atoms with Gasteiger partial charge < -0.3 is 4.42 Å². The molecule has 2 nitrogen and oxygen atoms in total. The van der Waals surface area contributed by atoms with Gasteiger partial charge >= 0.3 is 5.25 Å². The predicted octanol–water partition coefficient (Wildman–Crippen LogP) is 5.14. The van der Waals surface area contributed by atoms with Crippen molar-refractivity contribution in [1.82, 2.24) is 4.90 Å². The lowest BCUT2D eigenvalue weighted by molar-refractivity contribution is 0.117. The van der Waals surface area contributed by atoms with Crippen LogP contribution in [-0.4, -0.2) is 16.7 Å². The molecule has 0 saturated heterocycles. The van der Waals surface area contributed by atoms with Gasteiger partial charge in [-0.05, 0) is 42.0 Å². The van der Waals surface area contributed by atoms with Crippen LogP contribution in [-0.2, 0) is 13.1 Å². The van der Waals surface area contributed by atoms with E-state index in [-0.39, 0.29) is 23.2 Å². The van der Waals surface area contributed by atoms with Crippen LogP contribution >= 0.6 is 11.8 Å². The highest BCUT2D eigenvalue weighted by Crippen LogP contribution is 2.43. The molecular formula is C17H16F3NOS. The molecule has 1 aromatic carbocycles. The lowest BCUT2D eigenvalue weighted by Gasteiger charge is -2.15. The summed E-state index contributed by atoms with van der Waals surface area (Å²) >= 11 is 0.168. The van der Waals surface area contributed by atoms with Crippen LogP contribution in [0.15, 0.2) is 57.8 Å². The summed E-state index contributed by atoms with van der Waals surface area (Å²) < 4.78 is 46.8. The van der Waals surface area contributed by atoms with Crippen molar-refractivity contribution in [2.75, 3.05) is 6.54 Å². The third-order valence-electron chi connectivity index (χ3n) is 3.76. The quantitative estimate of drug-likeness (QED) is 0.702. The fourth-order valence-electron chi connectivity index (χ4n) is 2.53. The minimum atomic E-state index is -3.60. The number of furan rings is 1. The standard InChI is InChI=1S/C17H16F3NOS/c1-12-15(7-9-22-12)23-17(19,20)16(18)6-8-21-10-13-4-2-3-5-14(13)11-21/h2-7,9H,8,10-11H2,1H3/b16-6-. The Morgan fingerprint density at radius 2 is 1.91 bits per heavy atom. The van der Waals surface area contributed by atoms with E-state index in [0.717, 1.165) is 17.2 Å². The third-order valence-corrected chi connectivity index (χ3v) is 4.86. The molecule has 0 amide bonds. The van der Waals surface area contributed by atoms with Crippen LogP contribution in [0.25, 0.3) is 0 Å². The van der Waals surface area contributed by atoms with E-state index in [9.17, 15) is 13.2 Å². The van der Waals surface area contributed by atoms with Gasteiger partial charge in [-0.2, -0.15) is 8.78 Å². The highest BCUT2D eigenvalue weighted by atomic mass is 32.2. The molecule has 0 saturated carbocycles. The van der Waals surface area contributed by atoms with Gasteiger partial charge in [-0.3, -0.25) is 4.90 Å². The van der Waals surface area contributed by atoms with Crippen LogP contribution < -0.4 is 0 Å². The molecular weight excluding hydrogens is 323 g/mol. The third kappa shape index (κ3) is 3.64. The molecule has 0 spiro atoms. The molecule has 23 heavy (non-hydrogen) atoms. The fraction of sp³-hybridized carbons (Fsp3) is 0.294. The van der Waals surface area contributed by atoms with Crippen molar-refractivity contribution in [3.05, 3.63) is 65.4 Å². The Bertz CT molecular complexity index is 701. The minimum absolute atomic E-state index is 0.154. The Hall–Kier alpha value is -1.66. The summed E-state index contributed by atoms with van der Waals surface area (Å²) in [5.41, 5.74) is 2.33. The minimum Gasteiger partial charge on any atom is -0.468 e. The van der Waals surface area contributed by atoms with E-state index >= 15 is 0 Å². The van der Waals surface area contributed by atoms with Gasteiger partial charge in [-0.1, -0.05) is 24.3 Å². The zero-order chi connectivity index (χ0) is 16.4. The van der Waals surface area contributed by atoms with Crippen LogP contribution in [0.4, 0.5) is 13.2 Å². The lowest BCUT2D eigenvalue weighted by Crippen LogP contribution is -2.18. The molecule has 3 rings (SSSR count). The SMILES string of the molecule is Cc1occc1SC(F)(F)/C(F)=C/CN1Cc2ccccc2C1. The first-order valence-electron chi connectivity index (χ1n) is 7.22. The molecule has 0 unspecified atom stereocenters. The number of rotatable bonds is 5. The van der Waals surface area contributed by atoms with E-state index in [1.54, 1.807) is 6.92 Å². The van der Waals surface area contributed by atoms with Gasteiger partial charge in [0.2, 0.25) is 0 Å². The average molecular weight is 339 g/mol. The number of thioether (sulfide) groups is 1. The number of benzene rings is 1. The monoisotopic (exact) mass is 339 g/mol. The number of hydrogen-bond acceptors (Lipinski definition) is 3. The van der Waals surface area contributed by atoms with Crippen LogP contribution in [0.1, 0.15) is 16.9 Å². The van der Waals surface area contributed by atoms with Crippen molar-refractivity contribution in [3.63, 3.8) is 0 Å². The summed E-state index contributed by atoms with van der Waals surface area (Å²) in [4.78, 5) is 2.17. The van der Waals surface area contributed by atoms with Crippen molar-refractivity contribution < 1.29 is 17.6 Å². The molecule has 0 bridgehead atoms. The Morgan fingerprint density at radius 1 is 1.26 bits per heavy atom. The first-order valence-corrected chi connectivity index (χ1v) is 8.03. The number of hydrogen-bond donors (Lipinski definition) is 0. The van der Waals surface area contributed by atoms with Gasteiger partial charge in [0.1, 0.15) is 5.76 Å². The molecule has 0 N–H and O–H groups in total. The highest BCUT2D eigenvalue weighted by molar-refractivity contribution is 8.00. The van der Waals surface area contributed by atoms with Gasteiger partial charge in [-0.15, -0.1) is 0 Å². The molecule has 0 fully saturated rings. The van der Waals surface area contributed by atoms with E-state index in [1.165, 1.54) is 12.3 Å². The molecule has 0 aliphatic carbocycles. The first-order chi connectivity index (χ1) is 11.0. The van der Waals surface area contributed by atoms with Crippen molar-refractivity contribution in [2.24, 2.45) is 0 Å². The second kappa shape index (κ2) is 6.45. The van der Waals surface area contributed by atoms with Crippen LogP contribution in [0, 0.1) is 6.92 Å². The first kappa shape index (κ1) is 16.2. The Labute approximate surface area is 137 Å². The smallest absolute Gasteiger partial charge is 0.349 e. The summed E-state index contributed by atoms with van der Waals surface area (Å²) in [6.45, 7) is 3.03. The summed E-state index contributed by atoms with van der Waals surface area (Å²) in [6.07, 6.45) is 2.28.